The standard InChI is InChI=1S/C19H13ClF3N3O5/c1-9-16(18(28)25(2)24-9)17(27)10-3-5-13(26(29)30)15(7-10)31-14-6-4-11(8-12(14)20)19(21,22)23/h3-8,24H,1-2H3. The van der Waals surface area contributed by atoms with Crippen molar-refractivity contribution in [3.05, 3.63) is 84.3 Å². The smallest absolute Gasteiger partial charge is 0.416 e. The van der Waals surface area contributed by atoms with Crippen LogP contribution in [0, 0.1) is 17.0 Å². The van der Waals surface area contributed by atoms with Crippen LogP contribution < -0.4 is 10.3 Å². The highest BCUT2D eigenvalue weighted by Crippen LogP contribution is 2.39. The van der Waals surface area contributed by atoms with E-state index in [1.54, 1.807) is 0 Å². The molecule has 1 aromatic heterocycles. The number of hydrogen-bond acceptors (Lipinski definition) is 5. The van der Waals surface area contributed by atoms with Crippen LogP contribution in [0.4, 0.5) is 18.9 Å². The molecule has 162 valence electrons. The first-order valence-corrected chi connectivity index (χ1v) is 8.91. The van der Waals surface area contributed by atoms with Crippen molar-refractivity contribution < 1.29 is 27.6 Å². The van der Waals surface area contributed by atoms with Gasteiger partial charge in [0.1, 0.15) is 11.3 Å². The van der Waals surface area contributed by atoms with E-state index in [0.717, 1.165) is 28.9 Å². The molecule has 0 aliphatic rings. The Morgan fingerprint density at radius 2 is 1.87 bits per heavy atom. The number of aromatic nitrogens is 2. The number of hydrogen-bond donors (Lipinski definition) is 1. The molecule has 12 heteroatoms. The van der Waals surface area contributed by atoms with E-state index in [1.807, 2.05) is 0 Å². The maximum absolute atomic E-state index is 12.8. The molecule has 0 spiro atoms. The molecular formula is C19H13ClF3N3O5. The molecule has 0 aliphatic carbocycles. The topological polar surface area (TPSA) is 107 Å². The Labute approximate surface area is 177 Å². The van der Waals surface area contributed by atoms with Gasteiger partial charge in [-0.15, -0.1) is 0 Å². The average molecular weight is 456 g/mol. The SMILES string of the molecule is Cc1[nH]n(C)c(=O)c1C(=O)c1ccc([N+](=O)[O-])c(Oc2ccc(C(F)(F)F)cc2Cl)c1. The summed E-state index contributed by atoms with van der Waals surface area (Å²) in [6, 6.07) is 5.40. The molecule has 1 heterocycles. The number of H-pyrrole nitrogens is 1. The highest BCUT2D eigenvalue weighted by Gasteiger charge is 2.31. The highest BCUT2D eigenvalue weighted by molar-refractivity contribution is 6.32. The lowest BCUT2D eigenvalue weighted by molar-refractivity contribution is -0.385. The van der Waals surface area contributed by atoms with E-state index in [2.05, 4.69) is 5.10 Å². The Morgan fingerprint density at radius 1 is 1.19 bits per heavy atom. The molecule has 0 fully saturated rings. The number of benzene rings is 2. The third kappa shape index (κ3) is 4.31. The van der Waals surface area contributed by atoms with Gasteiger partial charge in [-0.3, -0.25) is 29.5 Å². The van der Waals surface area contributed by atoms with Gasteiger partial charge in [0.15, 0.2) is 0 Å². The molecule has 1 N–H and O–H groups in total. The van der Waals surface area contributed by atoms with E-state index >= 15 is 0 Å². The lowest BCUT2D eigenvalue weighted by Crippen LogP contribution is -2.19. The molecule has 0 radical (unpaired) electrons. The number of nitro benzene ring substituents is 1. The molecule has 0 amide bonds. The summed E-state index contributed by atoms with van der Waals surface area (Å²) >= 11 is 5.85. The van der Waals surface area contributed by atoms with E-state index in [-0.39, 0.29) is 16.9 Å². The van der Waals surface area contributed by atoms with Crippen LogP contribution >= 0.6 is 11.6 Å². The highest BCUT2D eigenvalue weighted by atomic mass is 35.5. The number of alkyl halides is 3. The average Bonchev–Trinajstić information content (AvgIpc) is 2.93. The molecule has 3 aromatic rings. The number of ketones is 1. The van der Waals surface area contributed by atoms with Gasteiger partial charge in [-0.1, -0.05) is 11.6 Å². The number of carbonyl (C=O) groups is 1. The minimum absolute atomic E-state index is 0.0940. The van der Waals surface area contributed by atoms with Gasteiger partial charge in [0.05, 0.1) is 15.5 Å². The molecule has 0 unspecified atom stereocenters. The van der Waals surface area contributed by atoms with Crippen LogP contribution in [-0.4, -0.2) is 20.5 Å². The second-order valence-electron chi connectivity index (χ2n) is 6.49. The van der Waals surface area contributed by atoms with Crippen LogP contribution in [0.1, 0.15) is 27.2 Å². The summed E-state index contributed by atoms with van der Waals surface area (Å²) in [6.07, 6.45) is -4.64. The Kier molecular flexibility index (Phi) is 5.64. The Morgan fingerprint density at radius 3 is 2.39 bits per heavy atom. The van der Waals surface area contributed by atoms with E-state index in [9.17, 15) is 32.9 Å². The quantitative estimate of drug-likeness (QED) is 0.343. The van der Waals surface area contributed by atoms with Crippen molar-refractivity contribution in [2.24, 2.45) is 7.05 Å². The van der Waals surface area contributed by atoms with E-state index in [1.165, 1.54) is 14.0 Å². The van der Waals surface area contributed by atoms with Crippen molar-refractivity contribution in [3.63, 3.8) is 0 Å². The summed E-state index contributed by atoms with van der Waals surface area (Å²) < 4.78 is 44.9. The molecule has 0 bridgehead atoms. The fourth-order valence-corrected chi connectivity index (χ4v) is 3.08. The zero-order valence-corrected chi connectivity index (χ0v) is 16.7. The zero-order chi connectivity index (χ0) is 23.1. The lowest BCUT2D eigenvalue weighted by atomic mass is 10.0. The molecule has 0 aliphatic heterocycles. The number of carbonyl (C=O) groups excluding carboxylic acids is 1. The number of ether oxygens (including phenoxy) is 1. The van der Waals surface area contributed by atoms with Gasteiger partial charge in [0.25, 0.3) is 5.56 Å². The summed E-state index contributed by atoms with van der Waals surface area (Å²) in [5.41, 5.74) is -2.12. The van der Waals surface area contributed by atoms with Gasteiger partial charge < -0.3 is 4.74 Å². The fraction of sp³-hybridized carbons (Fsp3) is 0.158. The van der Waals surface area contributed by atoms with Gasteiger partial charge in [-0.25, -0.2) is 0 Å². The lowest BCUT2D eigenvalue weighted by Gasteiger charge is -2.12. The summed E-state index contributed by atoms with van der Waals surface area (Å²) in [6.45, 7) is 1.51. The normalized spacial score (nSPS) is 11.4. The summed E-state index contributed by atoms with van der Waals surface area (Å²) in [5.74, 6) is -1.42. The number of halogens is 4. The van der Waals surface area contributed by atoms with E-state index < -0.39 is 44.5 Å². The van der Waals surface area contributed by atoms with Crippen molar-refractivity contribution in [2.75, 3.05) is 0 Å². The molecule has 0 saturated carbocycles. The van der Waals surface area contributed by atoms with Crippen LogP contribution in [0.5, 0.6) is 11.5 Å². The van der Waals surface area contributed by atoms with Gasteiger partial charge in [0.2, 0.25) is 11.5 Å². The minimum Gasteiger partial charge on any atom is -0.449 e. The zero-order valence-electron chi connectivity index (χ0n) is 15.9. The van der Waals surface area contributed by atoms with Crippen LogP contribution in [0.2, 0.25) is 5.02 Å². The number of aryl methyl sites for hydroxylation is 2. The molecule has 0 atom stereocenters. The maximum Gasteiger partial charge on any atom is 0.416 e. The van der Waals surface area contributed by atoms with Crippen LogP contribution in [0.15, 0.2) is 41.2 Å². The van der Waals surface area contributed by atoms with Gasteiger partial charge in [-0.05, 0) is 37.3 Å². The monoisotopic (exact) mass is 455 g/mol. The molecule has 0 saturated heterocycles. The Bertz CT molecular complexity index is 1260. The summed E-state index contributed by atoms with van der Waals surface area (Å²) in [5, 5.41) is 13.6. The summed E-state index contributed by atoms with van der Waals surface area (Å²) in [4.78, 5) is 35.5. The predicted octanol–water partition coefficient (Wildman–Crippen LogP) is 4.63. The minimum atomic E-state index is -4.64. The number of aromatic amines is 1. The number of nitro groups is 1. The number of rotatable bonds is 5. The van der Waals surface area contributed by atoms with Crippen molar-refractivity contribution in [1.29, 1.82) is 0 Å². The van der Waals surface area contributed by atoms with Crippen LogP contribution in [0.3, 0.4) is 0 Å². The molecule has 31 heavy (non-hydrogen) atoms. The van der Waals surface area contributed by atoms with Crippen molar-refractivity contribution in [1.82, 2.24) is 9.78 Å². The third-order valence-corrected chi connectivity index (χ3v) is 4.65. The van der Waals surface area contributed by atoms with E-state index in [4.69, 9.17) is 16.3 Å². The van der Waals surface area contributed by atoms with Gasteiger partial charge >= 0.3 is 11.9 Å². The second-order valence-corrected chi connectivity index (χ2v) is 6.90. The predicted molar refractivity (Wildman–Crippen MR) is 104 cm³/mol. The second kappa shape index (κ2) is 7.91. The Balaban J connectivity index is 2.05. The molecular weight excluding hydrogens is 443 g/mol. The molecule has 2 aromatic carbocycles. The Hall–Kier alpha value is -3.60. The first-order chi connectivity index (χ1) is 14.4. The third-order valence-electron chi connectivity index (χ3n) is 4.35. The molecule has 8 nitrogen and oxygen atoms in total. The van der Waals surface area contributed by atoms with Crippen molar-refractivity contribution in [2.45, 2.75) is 13.1 Å². The number of nitrogens with one attached hydrogen (secondary N) is 1. The maximum atomic E-state index is 12.8. The number of nitrogens with zero attached hydrogens (tertiary/aromatic N) is 2. The summed E-state index contributed by atoms with van der Waals surface area (Å²) in [7, 11) is 1.42. The van der Waals surface area contributed by atoms with Crippen LogP contribution in [0.25, 0.3) is 0 Å². The van der Waals surface area contributed by atoms with Gasteiger partial charge in [-0.2, -0.15) is 13.2 Å². The first-order valence-electron chi connectivity index (χ1n) is 8.53. The van der Waals surface area contributed by atoms with Crippen molar-refractivity contribution >= 4 is 23.1 Å². The van der Waals surface area contributed by atoms with Gasteiger partial charge in [0, 0.05) is 24.4 Å². The van der Waals surface area contributed by atoms with Crippen molar-refractivity contribution in [3.8, 4) is 11.5 Å². The van der Waals surface area contributed by atoms with E-state index in [0.29, 0.717) is 17.8 Å². The fourth-order valence-electron chi connectivity index (χ4n) is 2.86. The molecule has 3 rings (SSSR count). The first kappa shape index (κ1) is 22.1. The van der Waals surface area contributed by atoms with Crippen LogP contribution in [-0.2, 0) is 13.2 Å². The largest absolute Gasteiger partial charge is 0.449 e.